The van der Waals surface area contributed by atoms with Gasteiger partial charge in [0.2, 0.25) is 11.8 Å². The van der Waals surface area contributed by atoms with Crippen LogP contribution in [-0.2, 0) is 19.1 Å². The van der Waals surface area contributed by atoms with Crippen LogP contribution in [0.25, 0.3) is 0 Å². The van der Waals surface area contributed by atoms with Crippen molar-refractivity contribution in [1.82, 2.24) is 10.7 Å². The molecule has 1 fully saturated rings. The van der Waals surface area contributed by atoms with Gasteiger partial charge >= 0.3 is 5.97 Å². The molecule has 0 aliphatic carbocycles. The second-order valence-electron chi connectivity index (χ2n) is 6.59. The summed E-state index contributed by atoms with van der Waals surface area (Å²) >= 11 is 0. The van der Waals surface area contributed by atoms with Gasteiger partial charge in [0, 0.05) is 31.1 Å². The largest absolute Gasteiger partial charge is 0.452 e. The van der Waals surface area contributed by atoms with E-state index in [1.165, 1.54) is 31.3 Å². The fourth-order valence-corrected chi connectivity index (χ4v) is 2.79. The average molecular weight is 424 g/mol. The van der Waals surface area contributed by atoms with Gasteiger partial charge in [-0.1, -0.05) is 0 Å². The van der Waals surface area contributed by atoms with Gasteiger partial charge in [-0.3, -0.25) is 24.6 Å². The molecular weight excluding hydrogens is 404 g/mol. The van der Waals surface area contributed by atoms with Crippen LogP contribution in [0.2, 0.25) is 0 Å². The minimum absolute atomic E-state index is 0.110. The summed E-state index contributed by atoms with van der Waals surface area (Å²) in [5.74, 6) is -2.03. The highest BCUT2D eigenvalue weighted by atomic mass is 16.5. The average Bonchev–Trinajstić information content (AvgIpc) is 2.79. The van der Waals surface area contributed by atoms with Crippen LogP contribution in [0.5, 0.6) is 0 Å². The summed E-state index contributed by atoms with van der Waals surface area (Å²) < 4.78 is 5.00. The fraction of sp³-hybridized carbons (Fsp3) is 0.190. The van der Waals surface area contributed by atoms with E-state index in [9.17, 15) is 24.0 Å². The van der Waals surface area contributed by atoms with Crippen molar-refractivity contribution in [2.75, 3.05) is 24.0 Å². The number of carbonyl (C=O) groups excluding carboxylic acids is 5. The van der Waals surface area contributed by atoms with Gasteiger partial charge in [-0.2, -0.15) is 0 Å². The summed E-state index contributed by atoms with van der Waals surface area (Å²) in [6, 6.07) is 12.1. The summed E-state index contributed by atoms with van der Waals surface area (Å²) in [5, 5.41) is 6.19. The van der Waals surface area contributed by atoms with Crippen molar-refractivity contribution in [2.24, 2.45) is 0 Å². The van der Waals surface area contributed by atoms with E-state index in [-0.39, 0.29) is 36.1 Å². The maximum atomic E-state index is 12.2. The van der Waals surface area contributed by atoms with Crippen molar-refractivity contribution in [3.63, 3.8) is 0 Å². The Morgan fingerprint density at radius 1 is 0.968 bits per heavy atom. The van der Waals surface area contributed by atoms with E-state index in [0.29, 0.717) is 16.9 Å². The normalized spacial score (nSPS) is 13.3. The molecule has 4 amide bonds. The van der Waals surface area contributed by atoms with Crippen LogP contribution in [0.15, 0.2) is 48.5 Å². The van der Waals surface area contributed by atoms with Crippen LogP contribution in [0.4, 0.5) is 11.4 Å². The molecule has 0 radical (unpaired) electrons. The number of benzene rings is 2. The van der Waals surface area contributed by atoms with Crippen molar-refractivity contribution >= 4 is 41.0 Å². The topological polar surface area (TPSA) is 134 Å². The summed E-state index contributed by atoms with van der Waals surface area (Å²) in [6.07, 6.45) is 0.249. The molecule has 10 heteroatoms. The Morgan fingerprint density at radius 3 is 2.26 bits per heavy atom. The van der Waals surface area contributed by atoms with E-state index in [2.05, 4.69) is 16.1 Å². The molecule has 10 nitrogen and oxygen atoms in total. The van der Waals surface area contributed by atoms with Crippen LogP contribution in [0, 0.1) is 0 Å². The molecule has 0 aromatic heterocycles. The van der Waals surface area contributed by atoms with Gasteiger partial charge in [-0.25, -0.2) is 9.80 Å². The number of hydrogen-bond donors (Lipinski definition) is 3. The first-order valence-corrected chi connectivity index (χ1v) is 9.39. The molecule has 1 saturated heterocycles. The Kier molecular flexibility index (Phi) is 6.61. The van der Waals surface area contributed by atoms with E-state index >= 15 is 0 Å². The number of rotatable bonds is 6. The standard InChI is InChI=1S/C21H20N4O6/c1-22-20(29)13-2-6-15(7-3-13)23-18(27)12-31-21(30)14-4-8-16(9-5-14)25-19(28)11-10-17(26)24-25/h2-9H,10-12H2,1H3,(H,22,29)(H,23,27)(H,24,26). The predicted molar refractivity (Wildman–Crippen MR) is 110 cm³/mol. The zero-order chi connectivity index (χ0) is 22.4. The lowest BCUT2D eigenvalue weighted by atomic mass is 10.2. The van der Waals surface area contributed by atoms with E-state index in [0.717, 1.165) is 5.01 Å². The van der Waals surface area contributed by atoms with Crippen molar-refractivity contribution in [1.29, 1.82) is 0 Å². The molecule has 0 spiro atoms. The van der Waals surface area contributed by atoms with Gasteiger partial charge in [0.05, 0.1) is 11.3 Å². The highest BCUT2D eigenvalue weighted by molar-refractivity contribution is 6.01. The van der Waals surface area contributed by atoms with Gasteiger partial charge in [-0.15, -0.1) is 0 Å². The Bertz CT molecular complexity index is 1020. The third-order valence-electron chi connectivity index (χ3n) is 4.41. The van der Waals surface area contributed by atoms with Crippen molar-refractivity contribution < 1.29 is 28.7 Å². The molecule has 1 heterocycles. The maximum absolute atomic E-state index is 12.2. The molecule has 1 aliphatic rings. The lowest BCUT2D eigenvalue weighted by Gasteiger charge is -2.27. The van der Waals surface area contributed by atoms with E-state index in [4.69, 9.17) is 4.74 Å². The summed E-state index contributed by atoms with van der Waals surface area (Å²) in [7, 11) is 1.52. The van der Waals surface area contributed by atoms with Crippen LogP contribution in [0.1, 0.15) is 33.6 Å². The number of ether oxygens (including phenoxy) is 1. The molecule has 31 heavy (non-hydrogen) atoms. The minimum Gasteiger partial charge on any atom is -0.452 e. The molecule has 2 aromatic rings. The van der Waals surface area contributed by atoms with Crippen LogP contribution in [-0.4, -0.2) is 43.3 Å². The second kappa shape index (κ2) is 9.53. The third kappa shape index (κ3) is 5.44. The van der Waals surface area contributed by atoms with Crippen molar-refractivity contribution in [2.45, 2.75) is 12.8 Å². The van der Waals surface area contributed by atoms with E-state index < -0.39 is 18.5 Å². The molecule has 160 valence electrons. The smallest absolute Gasteiger partial charge is 0.338 e. The zero-order valence-electron chi connectivity index (χ0n) is 16.6. The zero-order valence-corrected chi connectivity index (χ0v) is 16.6. The van der Waals surface area contributed by atoms with Crippen LogP contribution in [0.3, 0.4) is 0 Å². The van der Waals surface area contributed by atoms with Gasteiger partial charge in [0.15, 0.2) is 6.61 Å². The Morgan fingerprint density at radius 2 is 1.61 bits per heavy atom. The SMILES string of the molecule is CNC(=O)c1ccc(NC(=O)COC(=O)c2ccc(N3NC(=O)CCC3=O)cc2)cc1. The number of nitrogens with zero attached hydrogens (tertiary/aromatic N) is 1. The number of nitrogens with one attached hydrogen (secondary N) is 3. The number of hydrazine groups is 1. The minimum atomic E-state index is -0.717. The first-order chi connectivity index (χ1) is 14.9. The lowest BCUT2D eigenvalue weighted by Crippen LogP contribution is -2.50. The quantitative estimate of drug-likeness (QED) is 0.593. The Hall–Kier alpha value is -4.21. The predicted octanol–water partition coefficient (Wildman–Crippen LogP) is 1.000. The number of carbonyl (C=O) groups is 5. The van der Waals surface area contributed by atoms with Crippen LogP contribution >= 0.6 is 0 Å². The van der Waals surface area contributed by atoms with Crippen molar-refractivity contribution in [3.05, 3.63) is 59.7 Å². The van der Waals surface area contributed by atoms with Gasteiger partial charge in [-0.05, 0) is 48.5 Å². The van der Waals surface area contributed by atoms with Gasteiger partial charge < -0.3 is 15.4 Å². The van der Waals surface area contributed by atoms with E-state index in [1.807, 2.05) is 0 Å². The first kappa shape index (κ1) is 21.5. The summed E-state index contributed by atoms with van der Waals surface area (Å²) in [4.78, 5) is 59.0. The number of amides is 4. The van der Waals surface area contributed by atoms with Crippen molar-refractivity contribution in [3.8, 4) is 0 Å². The highest BCUT2D eigenvalue weighted by Crippen LogP contribution is 2.18. The molecule has 0 bridgehead atoms. The van der Waals surface area contributed by atoms with Crippen LogP contribution < -0.4 is 21.1 Å². The molecule has 0 atom stereocenters. The molecule has 3 N–H and O–H groups in total. The summed E-state index contributed by atoms with van der Waals surface area (Å²) in [5.41, 5.74) is 3.95. The van der Waals surface area contributed by atoms with E-state index in [1.54, 1.807) is 24.3 Å². The molecule has 3 rings (SSSR count). The molecule has 0 saturated carbocycles. The summed E-state index contributed by atoms with van der Waals surface area (Å²) in [6.45, 7) is -0.502. The molecular formula is C21H20N4O6. The maximum Gasteiger partial charge on any atom is 0.338 e. The second-order valence-corrected chi connectivity index (χ2v) is 6.59. The number of hydrogen-bond acceptors (Lipinski definition) is 6. The fourth-order valence-electron chi connectivity index (χ4n) is 2.79. The Labute approximate surface area is 177 Å². The molecule has 0 unspecified atom stereocenters. The number of anilines is 2. The van der Waals surface area contributed by atoms with Gasteiger partial charge in [0.25, 0.3) is 11.8 Å². The monoisotopic (exact) mass is 424 g/mol. The number of esters is 1. The Balaban J connectivity index is 1.52. The highest BCUT2D eigenvalue weighted by Gasteiger charge is 2.24. The van der Waals surface area contributed by atoms with Gasteiger partial charge in [0.1, 0.15) is 0 Å². The first-order valence-electron chi connectivity index (χ1n) is 9.39. The lowest BCUT2D eigenvalue weighted by molar-refractivity contribution is -0.130. The third-order valence-corrected chi connectivity index (χ3v) is 4.41. The molecule has 1 aliphatic heterocycles. The molecule has 2 aromatic carbocycles.